The Morgan fingerprint density at radius 1 is 1.22 bits per heavy atom. The molecule has 9 nitrogen and oxygen atoms in total. The third-order valence-corrected chi connectivity index (χ3v) is 7.31. The minimum absolute atomic E-state index is 0.0281. The summed E-state index contributed by atoms with van der Waals surface area (Å²) >= 11 is 0. The van der Waals surface area contributed by atoms with Gasteiger partial charge in [-0.3, -0.25) is 9.63 Å². The number of aromatic nitrogens is 2. The van der Waals surface area contributed by atoms with Crippen molar-refractivity contribution < 1.29 is 23.6 Å². The fourth-order valence-corrected chi connectivity index (χ4v) is 5.07. The first-order valence-corrected chi connectivity index (χ1v) is 12.8. The molecule has 4 rings (SSSR count). The molecule has 0 bridgehead atoms. The summed E-state index contributed by atoms with van der Waals surface area (Å²) in [6.45, 7) is 8.50. The maximum Gasteiger partial charge on any atom is 0.410 e. The molecule has 9 heteroatoms. The second kappa shape index (κ2) is 10.6. The molecule has 0 aliphatic heterocycles. The van der Waals surface area contributed by atoms with Gasteiger partial charge in [0.2, 0.25) is 18.2 Å². The normalized spacial score (nSPS) is 22.8. The summed E-state index contributed by atoms with van der Waals surface area (Å²) in [7, 11) is 1.70. The Balaban J connectivity index is 1.35. The molecule has 3 atom stereocenters. The van der Waals surface area contributed by atoms with E-state index in [1.165, 1.54) is 4.90 Å². The van der Waals surface area contributed by atoms with Crippen molar-refractivity contribution in [2.45, 2.75) is 84.0 Å². The summed E-state index contributed by atoms with van der Waals surface area (Å²) in [6.07, 6.45) is 4.73. The van der Waals surface area contributed by atoms with Crippen LogP contribution in [0.2, 0.25) is 0 Å². The number of hydrogen-bond acceptors (Lipinski definition) is 7. The highest BCUT2D eigenvalue weighted by molar-refractivity contribution is 5.67. The lowest BCUT2D eigenvalue weighted by molar-refractivity contribution is -0.208. The quantitative estimate of drug-likeness (QED) is 0.364. The average molecular weight is 499 g/mol. The van der Waals surface area contributed by atoms with E-state index < -0.39 is 5.60 Å². The third kappa shape index (κ3) is 6.24. The zero-order chi connectivity index (χ0) is 25.9. The summed E-state index contributed by atoms with van der Waals surface area (Å²) in [5.41, 5.74) is 0.523. The summed E-state index contributed by atoms with van der Waals surface area (Å²) < 4.78 is 11.5. The molecule has 1 heterocycles. The van der Waals surface area contributed by atoms with E-state index in [2.05, 4.69) is 17.1 Å². The molecular weight excluding hydrogens is 460 g/mol. The van der Waals surface area contributed by atoms with Gasteiger partial charge in [-0.05, 0) is 63.4 Å². The van der Waals surface area contributed by atoms with E-state index in [0.717, 1.165) is 37.7 Å². The van der Waals surface area contributed by atoms with E-state index in [9.17, 15) is 9.59 Å². The van der Waals surface area contributed by atoms with Gasteiger partial charge in [-0.25, -0.2) is 9.86 Å². The molecule has 0 N–H and O–H groups in total. The Hall–Kier alpha value is -2.94. The maximum absolute atomic E-state index is 12.2. The van der Waals surface area contributed by atoms with Gasteiger partial charge in [0.25, 0.3) is 0 Å². The van der Waals surface area contributed by atoms with Gasteiger partial charge < -0.3 is 14.1 Å². The van der Waals surface area contributed by atoms with Crippen LogP contribution in [0.3, 0.4) is 0 Å². The van der Waals surface area contributed by atoms with Crippen molar-refractivity contribution in [2.75, 3.05) is 13.6 Å². The average Bonchev–Trinajstić information content (AvgIpc) is 3.45. The predicted octanol–water partition coefficient (Wildman–Crippen LogP) is 4.73. The fourth-order valence-electron chi connectivity index (χ4n) is 5.07. The lowest BCUT2D eigenvalue weighted by Gasteiger charge is -2.42. The number of hydroxylamine groups is 2. The molecule has 1 aromatic heterocycles. The van der Waals surface area contributed by atoms with Crippen molar-refractivity contribution in [1.82, 2.24) is 20.2 Å². The lowest BCUT2D eigenvalue weighted by atomic mass is 9.69. The minimum Gasteiger partial charge on any atom is -0.444 e. The van der Waals surface area contributed by atoms with E-state index in [0.29, 0.717) is 31.4 Å². The molecule has 2 saturated carbocycles. The van der Waals surface area contributed by atoms with Crippen molar-refractivity contribution in [1.29, 1.82) is 0 Å². The van der Waals surface area contributed by atoms with Crippen molar-refractivity contribution in [3.05, 3.63) is 47.7 Å². The van der Waals surface area contributed by atoms with Crippen molar-refractivity contribution in [3.63, 3.8) is 0 Å². The second-order valence-corrected chi connectivity index (χ2v) is 11.3. The van der Waals surface area contributed by atoms with Crippen LogP contribution in [-0.2, 0) is 27.4 Å². The first kappa shape index (κ1) is 26.1. The number of ether oxygens (including phenoxy) is 1. The fraction of sp³-hybridized carbons (Fsp3) is 0.630. The van der Waals surface area contributed by atoms with Gasteiger partial charge in [0.1, 0.15) is 12.2 Å². The number of carbonyl (C=O) groups is 2. The number of benzene rings is 1. The highest BCUT2D eigenvalue weighted by atomic mass is 16.7. The van der Waals surface area contributed by atoms with Crippen LogP contribution in [0, 0.1) is 11.3 Å². The van der Waals surface area contributed by atoms with E-state index in [4.69, 9.17) is 14.0 Å². The van der Waals surface area contributed by atoms with Crippen LogP contribution in [0.15, 0.2) is 34.7 Å². The van der Waals surface area contributed by atoms with Crippen molar-refractivity contribution in [2.24, 2.45) is 11.3 Å². The van der Waals surface area contributed by atoms with Crippen LogP contribution in [0.25, 0.3) is 0 Å². The van der Waals surface area contributed by atoms with Gasteiger partial charge >= 0.3 is 6.09 Å². The Bertz CT molecular complexity index is 1030. The molecule has 0 radical (unpaired) electrons. The molecule has 0 saturated heterocycles. The highest BCUT2D eigenvalue weighted by Gasteiger charge is 2.57. The number of hydrogen-bond donors (Lipinski definition) is 0. The van der Waals surface area contributed by atoms with E-state index in [1.54, 1.807) is 12.1 Å². The molecular formula is C27H38N4O5. The molecule has 1 unspecified atom stereocenters. The number of nitrogens with zero attached hydrogens (tertiary/aromatic N) is 4. The summed E-state index contributed by atoms with van der Waals surface area (Å²) in [5, 5.41) is 10.2. The number of likely N-dealkylation sites (N-methyl/N-ethyl adjacent to an activating group) is 1. The zero-order valence-electron chi connectivity index (χ0n) is 22.0. The monoisotopic (exact) mass is 498 g/mol. The minimum atomic E-state index is -0.539. The van der Waals surface area contributed by atoms with Crippen LogP contribution in [0.5, 0.6) is 0 Å². The molecule has 2 aliphatic carbocycles. The lowest BCUT2D eigenvalue weighted by Crippen LogP contribution is -2.46. The highest BCUT2D eigenvalue weighted by Crippen LogP contribution is 2.62. The molecule has 2 aliphatic rings. The van der Waals surface area contributed by atoms with Crippen LogP contribution in [-0.4, -0.2) is 57.9 Å². The number of amides is 2. The molecule has 2 aromatic rings. The van der Waals surface area contributed by atoms with Gasteiger partial charge in [-0.15, -0.1) is 10.2 Å². The standard InChI is InChI=1S/C27H38N4O5/c1-19-15-22(31(18-32)34-17-20-9-7-6-8-10-20)27(12-13-27)16-21(19)24-29-28-23(35-24)11-14-30(5)25(33)36-26(2,3)4/h6-10,18-19,21-22H,11-17H2,1-5H3/t19?,21-,22+/m1/s1. The van der Waals surface area contributed by atoms with E-state index >= 15 is 0 Å². The SMILES string of the molecule is CC1C[C@H](N(C=O)OCc2ccccc2)C2(CC2)C[C@H]1c1nnc(CCN(C)C(=O)OC(C)(C)C)o1. The van der Waals surface area contributed by atoms with Crippen LogP contribution in [0.1, 0.15) is 76.6 Å². The smallest absolute Gasteiger partial charge is 0.410 e. The largest absolute Gasteiger partial charge is 0.444 e. The Morgan fingerprint density at radius 2 is 1.94 bits per heavy atom. The van der Waals surface area contributed by atoms with Crippen molar-refractivity contribution in [3.8, 4) is 0 Å². The molecule has 2 amide bonds. The van der Waals surface area contributed by atoms with Crippen LogP contribution >= 0.6 is 0 Å². The molecule has 196 valence electrons. The molecule has 36 heavy (non-hydrogen) atoms. The van der Waals surface area contributed by atoms with Gasteiger partial charge in [-0.1, -0.05) is 37.3 Å². The van der Waals surface area contributed by atoms with Gasteiger partial charge in [0, 0.05) is 25.9 Å². The van der Waals surface area contributed by atoms with Crippen molar-refractivity contribution >= 4 is 12.5 Å². The summed E-state index contributed by atoms with van der Waals surface area (Å²) in [4.78, 5) is 31.6. The third-order valence-electron chi connectivity index (χ3n) is 7.31. The first-order valence-electron chi connectivity index (χ1n) is 12.8. The molecule has 1 aromatic carbocycles. The Kier molecular flexibility index (Phi) is 7.68. The van der Waals surface area contributed by atoms with Gasteiger partial charge in [0.05, 0.1) is 6.04 Å². The van der Waals surface area contributed by atoms with E-state index in [-0.39, 0.29) is 29.4 Å². The van der Waals surface area contributed by atoms with Gasteiger partial charge in [0.15, 0.2) is 0 Å². The van der Waals surface area contributed by atoms with E-state index in [1.807, 2.05) is 51.1 Å². The maximum atomic E-state index is 12.2. The van der Waals surface area contributed by atoms with Crippen LogP contribution in [0.4, 0.5) is 4.79 Å². The van der Waals surface area contributed by atoms with Gasteiger partial charge in [-0.2, -0.15) is 0 Å². The summed E-state index contributed by atoms with van der Waals surface area (Å²) in [6, 6.07) is 9.92. The topological polar surface area (TPSA) is 98.0 Å². The Labute approximate surface area is 213 Å². The second-order valence-electron chi connectivity index (χ2n) is 11.3. The number of rotatable bonds is 9. The molecule has 1 spiro atoms. The molecule has 2 fully saturated rings. The summed E-state index contributed by atoms with van der Waals surface area (Å²) in [5.74, 6) is 1.54. The zero-order valence-corrected chi connectivity index (χ0v) is 22.0. The number of carbonyl (C=O) groups excluding carboxylic acids is 2. The van der Waals surface area contributed by atoms with Crippen LogP contribution < -0.4 is 0 Å². The predicted molar refractivity (Wildman–Crippen MR) is 133 cm³/mol. The first-order chi connectivity index (χ1) is 17.1. The Morgan fingerprint density at radius 3 is 2.58 bits per heavy atom.